The minimum atomic E-state index is -1.35. The van der Waals surface area contributed by atoms with E-state index in [1.54, 1.807) is 125 Å². The molecule has 8 aliphatic heterocycles. The number of hydrogen-bond acceptors (Lipinski definition) is 12. The lowest BCUT2D eigenvalue weighted by molar-refractivity contribution is -0.127. The molecule has 2 saturated carbocycles. The van der Waals surface area contributed by atoms with Crippen LogP contribution < -0.4 is 47.9 Å². The van der Waals surface area contributed by atoms with Gasteiger partial charge in [-0.15, -0.1) is 0 Å². The third-order valence-electron chi connectivity index (χ3n) is 27.0. The summed E-state index contributed by atoms with van der Waals surface area (Å²) in [5, 5.41) is 28.4. The number of carbonyl (C=O) groups is 10. The molecule has 27 heteroatoms. The first-order chi connectivity index (χ1) is 60.8. The van der Waals surface area contributed by atoms with E-state index in [0.29, 0.717) is 187 Å². The summed E-state index contributed by atoms with van der Waals surface area (Å²) < 4.78 is 32.5. The van der Waals surface area contributed by atoms with Gasteiger partial charge < -0.3 is 47.0 Å². The monoisotopic (exact) mass is 1770 g/mol. The van der Waals surface area contributed by atoms with Gasteiger partial charge in [0.15, 0.2) is 5.78 Å². The fraction of sp³-hybridized carbons (Fsp3) is 0.333. The summed E-state index contributed by atoms with van der Waals surface area (Å²) in [5.74, 6) is 6.70. The summed E-state index contributed by atoms with van der Waals surface area (Å²) >= 11 is 25.5. The van der Waals surface area contributed by atoms with E-state index in [4.69, 9.17) is 46.4 Å². The number of nitrogens with zero attached hydrogens (tertiary/aromatic N) is 2. The molecule has 9 amide bonds. The molecular weight excluding hydrogens is 1680 g/mol. The van der Waals surface area contributed by atoms with Crippen LogP contribution in [0.1, 0.15) is 226 Å². The van der Waals surface area contributed by atoms with Gasteiger partial charge in [-0.25, -0.2) is 8.78 Å². The van der Waals surface area contributed by atoms with Crippen LogP contribution in [0.25, 0.3) is 0 Å². The molecule has 10 aliphatic rings. The van der Waals surface area contributed by atoms with Gasteiger partial charge in [-0.1, -0.05) is 164 Å². The number of piperidine rings is 2. The molecule has 8 aromatic rings. The highest BCUT2D eigenvalue weighted by atomic mass is 35.5. The average molecular weight is 1770 g/mol. The van der Waals surface area contributed by atoms with E-state index in [0.717, 1.165) is 60.8 Å². The van der Waals surface area contributed by atoms with Crippen molar-refractivity contribution in [2.45, 2.75) is 199 Å². The highest BCUT2D eigenvalue weighted by Gasteiger charge is 2.74. The van der Waals surface area contributed by atoms with Gasteiger partial charge in [0.05, 0.1) is 22.1 Å². The Morgan fingerprint density at radius 1 is 0.492 bits per heavy atom. The van der Waals surface area contributed by atoms with Crippen molar-refractivity contribution in [3.8, 4) is 23.7 Å². The number of rotatable bonds is 17. The number of benzene rings is 8. The fourth-order valence-corrected chi connectivity index (χ4v) is 21.9. The molecule has 8 aromatic carbocycles. The topological polar surface area (TPSA) is 285 Å². The molecule has 4 saturated heterocycles. The van der Waals surface area contributed by atoms with E-state index in [9.17, 15) is 47.9 Å². The second-order valence-electron chi connectivity index (χ2n) is 34.3. The van der Waals surface area contributed by atoms with Crippen molar-refractivity contribution in [3.05, 3.63) is 281 Å². The third-order valence-corrected chi connectivity index (χ3v) is 28.0. The second-order valence-corrected chi connectivity index (χ2v) is 36.0. The van der Waals surface area contributed by atoms with Crippen LogP contribution in [0.2, 0.25) is 20.1 Å². The number of carbonyl (C=O) groups excluding carboxylic acids is 10. The molecule has 2 aliphatic carbocycles. The van der Waals surface area contributed by atoms with Crippen LogP contribution in [0, 0.1) is 35.3 Å². The minimum absolute atomic E-state index is 0.0420. The number of amides is 9. The Labute approximate surface area is 748 Å². The maximum absolute atomic E-state index is 16.2. The molecule has 0 bridgehead atoms. The number of nitrogens with one attached hydrogen (secondary N) is 9. The van der Waals surface area contributed by atoms with Crippen molar-refractivity contribution in [1.29, 1.82) is 0 Å². The molecule has 0 radical (unpaired) electrons. The molecule has 8 heterocycles. The van der Waals surface area contributed by atoms with E-state index in [-0.39, 0.29) is 68.3 Å². The zero-order chi connectivity index (χ0) is 88.1. The molecule has 4 spiro atoms. The smallest absolute Gasteiger partial charge is 0.255 e. The molecule has 8 atom stereocenters. The molecular formula is C99H91Cl4F2N11O10. The van der Waals surface area contributed by atoms with Crippen molar-refractivity contribution in [2.75, 3.05) is 27.8 Å². The van der Waals surface area contributed by atoms with Crippen LogP contribution in [-0.4, -0.2) is 111 Å². The van der Waals surface area contributed by atoms with Crippen LogP contribution in [0.4, 0.5) is 31.5 Å². The number of fused-ring (bicyclic) bond motifs is 8. The van der Waals surface area contributed by atoms with Gasteiger partial charge in [0.2, 0.25) is 35.4 Å². The van der Waals surface area contributed by atoms with Crippen LogP contribution in [0.15, 0.2) is 182 Å². The molecule has 0 aromatic heterocycles. The summed E-state index contributed by atoms with van der Waals surface area (Å²) in [4.78, 5) is 139. The van der Waals surface area contributed by atoms with Gasteiger partial charge in [0.25, 0.3) is 17.7 Å². The molecule has 9 N–H and O–H groups in total. The lowest BCUT2D eigenvalue weighted by atomic mass is 9.55. The number of allylic oxidation sites excluding steroid dienone is 2. The molecule has 18 rings (SSSR count). The highest BCUT2D eigenvalue weighted by molar-refractivity contribution is 6.32. The highest BCUT2D eigenvalue weighted by Crippen LogP contribution is 2.65. The Morgan fingerprint density at radius 2 is 0.960 bits per heavy atom. The lowest BCUT2D eigenvalue weighted by Crippen LogP contribution is -2.60. The average Bonchev–Trinajstić information content (AvgIpc) is 1.51. The zero-order valence-electron chi connectivity index (χ0n) is 68.9. The quantitative estimate of drug-likeness (QED) is 0.0234. The summed E-state index contributed by atoms with van der Waals surface area (Å²) in [5.41, 5.74) is 5.79. The predicted octanol–water partition coefficient (Wildman–Crippen LogP) is 16.7. The molecule has 3 unspecified atom stereocenters. The second kappa shape index (κ2) is 35.6. The van der Waals surface area contributed by atoms with Gasteiger partial charge in [0.1, 0.15) is 34.5 Å². The van der Waals surface area contributed by atoms with Crippen molar-refractivity contribution in [1.82, 2.24) is 36.4 Å². The zero-order valence-corrected chi connectivity index (χ0v) is 71.9. The SMILES string of the molecule is C=C1CCC(N2Cc3cc(C#CCCCNC(=O)c4ccc(NC(=O)[C@@H]5NC6(CCCCC6)[C@@]6(C(=O)Nc7cc(Cl)ccc76)[C@H]5c5cccc(Cl)c5F)cc4)ccc3C2=O)C(=O)N1.C=C1CCC(N2Cc3ccc(C#CCCCCC(=O)c4ccc(NC(=O)C5NC6(CCCCC6)[C@@]6(C(=O)Nc7cc(Cl)ccc76)[C@H]5c5cccc(Cl)c5F)cc4)cc3C2=O)C(=O)N1. The van der Waals surface area contributed by atoms with Crippen LogP contribution in [0.3, 0.4) is 0 Å². The summed E-state index contributed by atoms with van der Waals surface area (Å²) in [6.45, 7) is 8.77. The molecule has 6 fully saturated rings. The Kier molecular flexibility index (Phi) is 24.4. The van der Waals surface area contributed by atoms with Crippen molar-refractivity contribution in [2.24, 2.45) is 0 Å². The maximum Gasteiger partial charge on any atom is 0.255 e. The number of Topliss-reactive ketones (excluding diaryl/α,β-unsaturated/α-hetero) is 1. The van der Waals surface area contributed by atoms with E-state index >= 15 is 8.78 Å². The van der Waals surface area contributed by atoms with E-state index in [1.807, 2.05) is 30.3 Å². The summed E-state index contributed by atoms with van der Waals surface area (Å²) in [6, 6.07) is 41.0. The van der Waals surface area contributed by atoms with Gasteiger partial charge in [-0.05, 0) is 219 Å². The fourth-order valence-electron chi connectivity index (χ4n) is 21.2. The van der Waals surface area contributed by atoms with Crippen LogP contribution in [-0.2, 0) is 52.7 Å². The first-order valence-corrected chi connectivity index (χ1v) is 44.4. The molecule has 644 valence electrons. The van der Waals surface area contributed by atoms with Gasteiger partial charge >= 0.3 is 0 Å². The van der Waals surface area contributed by atoms with Crippen LogP contribution in [0.5, 0.6) is 0 Å². The van der Waals surface area contributed by atoms with Gasteiger partial charge in [-0.3, -0.25) is 58.6 Å². The van der Waals surface area contributed by atoms with Gasteiger partial charge in [-0.2, -0.15) is 0 Å². The molecule has 126 heavy (non-hydrogen) atoms. The summed E-state index contributed by atoms with van der Waals surface area (Å²) in [7, 11) is 0. The van der Waals surface area contributed by atoms with Crippen molar-refractivity contribution >= 4 is 128 Å². The number of unbranched alkanes of at least 4 members (excludes halogenated alkanes) is 3. The van der Waals surface area contributed by atoms with Crippen molar-refractivity contribution < 1.29 is 56.7 Å². The maximum atomic E-state index is 16.2. The Bertz CT molecular complexity index is 5990. The minimum Gasteiger partial charge on any atom is -0.352 e. The van der Waals surface area contributed by atoms with E-state index < -0.39 is 81.4 Å². The summed E-state index contributed by atoms with van der Waals surface area (Å²) in [6.07, 6.45) is 13.4. The predicted molar refractivity (Wildman–Crippen MR) is 479 cm³/mol. The normalized spacial score (nSPS) is 23.2. The number of halogens is 6. The Hall–Kier alpha value is -11.8. The van der Waals surface area contributed by atoms with Crippen molar-refractivity contribution in [3.63, 3.8) is 0 Å². The van der Waals surface area contributed by atoms with Gasteiger partial charge in [0, 0.05) is 139 Å². The van der Waals surface area contributed by atoms with Crippen LogP contribution >= 0.6 is 46.4 Å². The largest absolute Gasteiger partial charge is 0.352 e. The third kappa shape index (κ3) is 15.8. The first kappa shape index (κ1) is 86.3. The first-order valence-electron chi connectivity index (χ1n) is 42.9. The number of hydrogen-bond donors (Lipinski definition) is 9. The molecule has 21 nitrogen and oxygen atoms in total. The standard InChI is InChI=1S/C50H46Cl2FN5O5.C49H45Cl2FN6O5/c1-29-14-23-40(45(60)54-29)58-28-32-16-15-30(26-36(32)47(58)62)10-5-2-3-6-13-41(59)31-17-20-34(21-18-31)55-46(61)44-42(35-11-9-12-38(52)43(35)53)50(49(57-44)24-7-4-8-25-49)37-22-19-33(51)27-39(37)56-48(50)63;1-28-12-21-39(44(60)54-28)58-27-31-25-29(13-19-34(31)46(58)62)9-4-2-7-24-53-43(59)30-14-17-33(18-15-30)55-45(61)42-40(35-10-8-11-37(51)41(35)52)49(48(57-42)22-5-3-6-23-48)36-20-16-32(50)26-38(36)56-47(49)63/h9,11-12,15-22,26-27,40,42,44,57H,1-4,6-8,13-14,23-25,28H2,(H,54,60)(H,55,61)(H,56,63);8,10-11,13-20,25-26,39-40,42,57H,1-3,5-7,12,21-24,27H2,(H,53,59)(H,54,60)(H,55,61)(H,56,63)/t40?,42-,44?,50+;39?,40-,42+,49+/m00/s1. The Morgan fingerprint density at radius 3 is 1.47 bits per heavy atom. The Balaban J connectivity index is 0.000000178. The van der Waals surface area contributed by atoms with E-state index in [2.05, 4.69) is 84.7 Å². The number of ketones is 1. The lowest BCUT2D eigenvalue weighted by Gasteiger charge is -2.47. The van der Waals surface area contributed by atoms with E-state index in [1.165, 1.54) is 12.1 Å². The number of anilines is 4.